The molecule has 0 heterocycles. The summed E-state index contributed by atoms with van der Waals surface area (Å²) in [5.74, 6) is -0.997. The van der Waals surface area contributed by atoms with Crippen LogP contribution < -0.4 is 5.32 Å². The van der Waals surface area contributed by atoms with Gasteiger partial charge in [-0.3, -0.25) is 4.79 Å². The summed E-state index contributed by atoms with van der Waals surface area (Å²) >= 11 is 0. The smallest absolute Gasteiger partial charge is 0.306 e. The number of nitrogens with one attached hydrogen (secondary N) is 1. The number of aliphatic hydroxyl groups is 1. The first-order chi connectivity index (χ1) is 7.78. The number of hydrogen-bond acceptors (Lipinski definition) is 3. The minimum atomic E-state index is -0.728. The van der Waals surface area contributed by atoms with Gasteiger partial charge in [0.15, 0.2) is 0 Å². The van der Waals surface area contributed by atoms with Crippen LogP contribution in [0.4, 0.5) is 0 Å². The molecule has 4 heteroatoms. The quantitative estimate of drug-likeness (QED) is 0.688. The summed E-state index contributed by atoms with van der Waals surface area (Å²) < 4.78 is 0. The normalized spacial score (nSPS) is 30.2. The maximum atomic E-state index is 10.8. The highest BCUT2D eigenvalue weighted by atomic mass is 16.4. The molecule has 1 aliphatic rings. The van der Waals surface area contributed by atoms with Gasteiger partial charge in [-0.25, -0.2) is 0 Å². The molecule has 0 aliphatic heterocycles. The minimum absolute atomic E-state index is 0.0272. The van der Waals surface area contributed by atoms with E-state index in [-0.39, 0.29) is 11.5 Å². The Balaban J connectivity index is 2.42. The van der Waals surface area contributed by atoms with Gasteiger partial charge in [-0.15, -0.1) is 0 Å². The van der Waals surface area contributed by atoms with E-state index in [1.54, 1.807) is 0 Å². The summed E-state index contributed by atoms with van der Waals surface area (Å²) in [5, 5.41) is 22.6. The van der Waals surface area contributed by atoms with Crippen LogP contribution in [0.25, 0.3) is 0 Å². The van der Waals surface area contributed by atoms with Crippen LogP contribution in [0.5, 0.6) is 0 Å². The molecular formula is C13H25NO3. The molecule has 0 bridgehead atoms. The molecule has 0 unspecified atom stereocenters. The first-order valence-corrected chi connectivity index (χ1v) is 6.48. The lowest BCUT2D eigenvalue weighted by molar-refractivity contribution is -0.144. The molecule has 1 saturated carbocycles. The standard InChI is InChI=1S/C13H25NO3/c1-4-12(2,3)14-9-13(17)7-5-10(6-8-13)11(15)16/h10,14,17H,4-9H2,1-3H3,(H,15,16). The summed E-state index contributed by atoms with van der Waals surface area (Å²) in [4.78, 5) is 10.8. The van der Waals surface area contributed by atoms with Crippen molar-refractivity contribution in [2.75, 3.05) is 6.54 Å². The van der Waals surface area contributed by atoms with E-state index >= 15 is 0 Å². The van der Waals surface area contributed by atoms with Crippen molar-refractivity contribution >= 4 is 5.97 Å². The lowest BCUT2D eigenvalue weighted by Gasteiger charge is -2.37. The van der Waals surface area contributed by atoms with Gasteiger partial charge in [0.1, 0.15) is 0 Å². The molecule has 1 rings (SSSR count). The predicted molar refractivity (Wildman–Crippen MR) is 66.9 cm³/mol. The van der Waals surface area contributed by atoms with E-state index in [4.69, 9.17) is 5.11 Å². The van der Waals surface area contributed by atoms with Gasteiger partial charge in [0.2, 0.25) is 0 Å². The average Bonchev–Trinajstić information content (AvgIpc) is 2.27. The second-order valence-corrected chi connectivity index (χ2v) is 5.93. The van der Waals surface area contributed by atoms with Gasteiger partial charge >= 0.3 is 5.97 Å². The van der Waals surface area contributed by atoms with Crippen LogP contribution in [-0.2, 0) is 4.79 Å². The molecule has 17 heavy (non-hydrogen) atoms. The Labute approximate surface area is 103 Å². The van der Waals surface area contributed by atoms with Gasteiger partial charge in [0, 0.05) is 12.1 Å². The van der Waals surface area contributed by atoms with E-state index in [1.165, 1.54) is 0 Å². The number of carboxylic acid groups (broad SMARTS) is 1. The van der Waals surface area contributed by atoms with Crippen molar-refractivity contribution in [1.82, 2.24) is 5.32 Å². The fraction of sp³-hybridized carbons (Fsp3) is 0.923. The molecule has 0 aromatic carbocycles. The molecular weight excluding hydrogens is 218 g/mol. The van der Waals surface area contributed by atoms with Crippen molar-refractivity contribution < 1.29 is 15.0 Å². The van der Waals surface area contributed by atoms with Crippen LogP contribution in [0.1, 0.15) is 52.9 Å². The van der Waals surface area contributed by atoms with Crippen LogP contribution >= 0.6 is 0 Å². The predicted octanol–water partition coefficient (Wildman–Crippen LogP) is 1.77. The first kappa shape index (κ1) is 14.5. The molecule has 0 amide bonds. The van der Waals surface area contributed by atoms with Crippen molar-refractivity contribution in [3.63, 3.8) is 0 Å². The van der Waals surface area contributed by atoms with Crippen molar-refractivity contribution in [1.29, 1.82) is 0 Å². The highest BCUT2D eigenvalue weighted by Crippen LogP contribution is 2.32. The monoisotopic (exact) mass is 243 g/mol. The van der Waals surface area contributed by atoms with Crippen LogP contribution in [0.15, 0.2) is 0 Å². The topological polar surface area (TPSA) is 69.6 Å². The van der Waals surface area contributed by atoms with E-state index in [2.05, 4.69) is 26.1 Å². The Hall–Kier alpha value is -0.610. The number of carbonyl (C=O) groups is 1. The summed E-state index contributed by atoms with van der Waals surface area (Å²) in [6.07, 6.45) is 3.33. The molecule has 4 nitrogen and oxygen atoms in total. The fourth-order valence-electron chi connectivity index (χ4n) is 2.11. The van der Waals surface area contributed by atoms with E-state index < -0.39 is 11.6 Å². The van der Waals surface area contributed by atoms with E-state index in [9.17, 15) is 9.90 Å². The lowest BCUT2D eigenvalue weighted by atomic mass is 9.78. The average molecular weight is 243 g/mol. The van der Waals surface area contributed by atoms with E-state index in [1.807, 2.05) is 0 Å². The minimum Gasteiger partial charge on any atom is -0.481 e. The Morgan fingerprint density at radius 2 is 1.94 bits per heavy atom. The van der Waals surface area contributed by atoms with Crippen molar-refractivity contribution in [3.8, 4) is 0 Å². The van der Waals surface area contributed by atoms with Gasteiger partial charge in [-0.05, 0) is 46.0 Å². The molecule has 1 fully saturated rings. The Morgan fingerprint density at radius 3 is 2.35 bits per heavy atom. The summed E-state index contributed by atoms with van der Waals surface area (Å²) in [5.41, 5.74) is -0.697. The number of rotatable bonds is 5. The van der Waals surface area contributed by atoms with Crippen LogP contribution in [0.3, 0.4) is 0 Å². The number of carboxylic acids is 1. The first-order valence-electron chi connectivity index (χ1n) is 6.48. The number of hydrogen-bond donors (Lipinski definition) is 3. The zero-order valence-corrected chi connectivity index (χ0v) is 11.1. The number of β-amino-alcohol motifs (C(OH)–C–C–N with tert-alkyl or cyclic N) is 1. The molecule has 1 aliphatic carbocycles. The zero-order chi connectivity index (χ0) is 13.1. The summed E-state index contributed by atoms with van der Waals surface area (Å²) in [6.45, 7) is 6.89. The Morgan fingerprint density at radius 1 is 1.41 bits per heavy atom. The van der Waals surface area contributed by atoms with Gasteiger partial charge in [0.25, 0.3) is 0 Å². The van der Waals surface area contributed by atoms with Crippen LogP contribution in [-0.4, -0.2) is 33.9 Å². The van der Waals surface area contributed by atoms with Gasteiger partial charge in [-0.2, -0.15) is 0 Å². The Kier molecular flexibility index (Phi) is 4.55. The summed E-state index contributed by atoms with van der Waals surface area (Å²) in [6, 6.07) is 0. The molecule has 0 radical (unpaired) electrons. The van der Waals surface area contributed by atoms with E-state index in [0.717, 1.165) is 6.42 Å². The van der Waals surface area contributed by atoms with Gasteiger partial charge in [0.05, 0.1) is 11.5 Å². The molecule has 0 aromatic heterocycles. The second kappa shape index (κ2) is 5.36. The molecule has 0 aromatic rings. The van der Waals surface area contributed by atoms with Crippen molar-refractivity contribution in [2.24, 2.45) is 5.92 Å². The van der Waals surface area contributed by atoms with Gasteiger partial charge in [-0.1, -0.05) is 6.92 Å². The van der Waals surface area contributed by atoms with Gasteiger partial charge < -0.3 is 15.5 Å². The highest BCUT2D eigenvalue weighted by molar-refractivity contribution is 5.70. The number of aliphatic carboxylic acids is 1. The molecule has 0 saturated heterocycles. The highest BCUT2D eigenvalue weighted by Gasteiger charge is 2.36. The third-order valence-corrected chi connectivity index (χ3v) is 4.05. The maximum absolute atomic E-state index is 10.8. The molecule has 3 N–H and O–H groups in total. The van der Waals surface area contributed by atoms with Crippen LogP contribution in [0.2, 0.25) is 0 Å². The third-order valence-electron chi connectivity index (χ3n) is 4.05. The SMILES string of the molecule is CCC(C)(C)NCC1(O)CCC(C(=O)O)CC1. The zero-order valence-electron chi connectivity index (χ0n) is 11.1. The molecule has 0 spiro atoms. The maximum Gasteiger partial charge on any atom is 0.306 e. The second-order valence-electron chi connectivity index (χ2n) is 5.93. The molecule has 100 valence electrons. The summed E-state index contributed by atoms with van der Waals surface area (Å²) in [7, 11) is 0. The fourth-order valence-corrected chi connectivity index (χ4v) is 2.11. The Bertz CT molecular complexity index is 268. The molecule has 0 atom stereocenters. The van der Waals surface area contributed by atoms with E-state index in [0.29, 0.717) is 32.2 Å². The van der Waals surface area contributed by atoms with Crippen molar-refractivity contribution in [2.45, 2.75) is 64.0 Å². The lowest BCUT2D eigenvalue weighted by Crippen LogP contribution is -2.50. The van der Waals surface area contributed by atoms with Crippen LogP contribution in [0, 0.1) is 5.92 Å². The largest absolute Gasteiger partial charge is 0.481 e. The van der Waals surface area contributed by atoms with Crippen molar-refractivity contribution in [3.05, 3.63) is 0 Å². The third kappa shape index (κ3) is 4.28.